The van der Waals surface area contributed by atoms with Crippen LogP contribution in [0, 0.1) is 0 Å². The van der Waals surface area contributed by atoms with Gasteiger partial charge in [0.25, 0.3) is 0 Å². The summed E-state index contributed by atoms with van der Waals surface area (Å²) in [6, 6.07) is 1.51. The largest absolute Gasteiger partial charge is 0.481 e. The number of esters is 1. The van der Waals surface area contributed by atoms with Crippen LogP contribution in [0.4, 0.5) is 0 Å². The zero-order valence-electron chi connectivity index (χ0n) is 10.4. The van der Waals surface area contributed by atoms with E-state index in [4.69, 9.17) is 5.11 Å². The van der Waals surface area contributed by atoms with E-state index in [-0.39, 0.29) is 19.4 Å². The molecule has 3 N–H and O–H groups in total. The Morgan fingerprint density at radius 1 is 1.42 bits per heavy atom. The molecule has 0 aliphatic rings. The number of aliphatic hydroxyl groups excluding tert-OH is 2. The number of hydrogen-bond acceptors (Lipinski definition) is 6. The van der Waals surface area contributed by atoms with Crippen LogP contribution >= 0.6 is 11.3 Å². The number of ether oxygens (including phenoxy) is 1. The molecule has 0 fully saturated rings. The van der Waals surface area contributed by atoms with Gasteiger partial charge >= 0.3 is 11.9 Å². The summed E-state index contributed by atoms with van der Waals surface area (Å²) in [5.74, 6) is -1.55. The molecule has 0 amide bonds. The maximum Gasteiger partial charge on any atom is 0.308 e. The van der Waals surface area contributed by atoms with Crippen molar-refractivity contribution >= 4 is 23.3 Å². The second kappa shape index (κ2) is 7.22. The quantitative estimate of drug-likeness (QED) is 0.639. The molecule has 0 spiro atoms. The molecule has 1 rings (SSSR count). The Balaban J connectivity index is 2.60. The highest BCUT2D eigenvalue weighted by Crippen LogP contribution is 2.25. The van der Waals surface area contributed by atoms with E-state index < -0.39 is 24.1 Å². The van der Waals surface area contributed by atoms with Crippen LogP contribution in [-0.2, 0) is 20.7 Å². The monoisotopic (exact) mass is 288 g/mol. The van der Waals surface area contributed by atoms with Gasteiger partial charge in [-0.25, -0.2) is 0 Å². The summed E-state index contributed by atoms with van der Waals surface area (Å²) in [5.41, 5.74) is 0.401. The topological polar surface area (TPSA) is 104 Å². The first-order valence-corrected chi connectivity index (χ1v) is 6.62. The molecule has 7 heteroatoms. The fraction of sp³-hybridized carbons (Fsp3) is 0.500. The fourth-order valence-corrected chi connectivity index (χ4v) is 2.42. The molecule has 1 heterocycles. The van der Waals surface area contributed by atoms with Crippen molar-refractivity contribution in [2.75, 3.05) is 6.61 Å². The molecular weight excluding hydrogens is 272 g/mol. The van der Waals surface area contributed by atoms with Crippen LogP contribution in [0.25, 0.3) is 0 Å². The molecule has 2 atom stereocenters. The molecule has 6 nitrogen and oxygen atoms in total. The van der Waals surface area contributed by atoms with Crippen molar-refractivity contribution in [3.63, 3.8) is 0 Å². The van der Waals surface area contributed by atoms with Crippen LogP contribution in [0.5, 0.6) is 0 Å². The summed E-state index contributed by atoms with van der Waals surface area (Å²) in [6.45, 7) is 1.86. The minimum absolute atomic E-state index is 0.134. The highest BCUT2D eigenvalue weighted by Gasteiger charge is 2.23. The third-order valence-electron chi connectivity index (χ3n) is 2.39. The maximum absolute atomic E-state index is 11.2. The lowest BCUT2D eigenvalue weighted by Crippen LogP contribution is -2.22. The van der Waals surface area contributed by atoms with Gasteiger partial charge in [-0.1, -0.05) is 0 Å². The Bertz CT molecular complexity index is 441. The van der Waals surface area contributed by atoms with Crippen LogP contribution in [0.15, 0.2) is 11.4 Å². The van der Waals surface area contributed by atoms with E-state index in [9.17, 15) is 19.8 Å². The second-order valence-corrected chi connectivity index (χ2v) is 4.93. The lowest BCUT2D eigenvalue weighted by Gasteiger charge is -2.15. The highest BCUT2D eigenvalue weighted by atomic mass is 32.1. The van der Waals surface area contributed by atoms with Gasteiger partial charge in [0.1, 0.15) is 6.10 Å². The van der Waals surface area contributed by atoms with Gasteiger partial charge in [0.2, 0.25) is 0 Å². The SMILES string of the molecule is CCOC(=O)CC(O)C(O)c1csc(CC(=O)O)c1. The summed E-state index contributed by atoms with van der Waals surface area (Å²) in [4.78, 5) is 22.3. The first kappa shape index (κ1) is 15.6. The van der Waals surface area contributed by atoms with Crippen molar-refractivity contribution in [3.05, 3.63) is 21.9 Å². The number of carboxylic acids is 1. The van der Waals surface area contributed by atoms with E-state index in [0.717, 1.165) is 0 Å². The Labute approximate surface area is 114 Å². The number of carbonyl (C=O) groups excluding carboxylic acids is 1. The lowest BCUT2D eigenvalue weighted by atomic mass is 10.0. The predicted molar refractivity (Wildman–Crippen MR) is 67.9 cm³/mol. The minimum atomic E-state index is -1.27. The Hall–Kier alpha value is -1.44. The van der Waals surface area contributed by atoms with Gasteiger partial charge in [0.15, 0.2) is 0 Å². The molecule has 1 aromatic rings. The Morgan fingerprint density at radius 3 is 2.68 bits per heavy atom. The van der Waals surface area contributed by atoms with Gasteiger partial charge in [-0.05, 0) is 23.9 Å². The van der Waals surface area contributed by atoms with Crippen molar-refractivity contribution in [1.82, 2.24) is 0 Å². The molecule has 2 unspecified atom stereocenters. The highest BCUT2D eigenvalue weighted by molar-refractivity contribution is 7.10. The molecule has 0 saturated heterocycles. The number of carbonyl (C=O) groups is 2. The lowest BCUT2D eigenvalue weighted by molar-refractivity contribution is -0.147. The molecule has 0 radical (unpaired) electrons. The van der Waals surface area contributed by atoms with Crippen molar-refractivity contribution < 1.29 is 29.6 Å². The van der Waals surface area contributed by atoms with Gasteiger partial charge < -0.3 is 20.1 Å². The van der Waals surface area contributed by atoms with Crippen LogP contribution in [-0.4, -0.2) is 40.0 Å². The summed E-state index contributed by atoms with van der Waals surface area (Å²) in [6.07, 6.45) is -2.95. The third-order valence-corrected chi connectivity index (χ3v) is 3.34. The van der Waals surface area contributed by atoms with Gasteiger partial charge in [-0.3, -0.25) is 9.59 Å². The molecule has 1 aromatic heterocycles. The van der Waals surface area contributed by atoms with Crippen LogP contribution in [0.3, 0.4) is 0 Å². The van der Waals surface area contributed by atoms with E-state index in [1.165, 1.54) is 17.4 Å². The van der Waals surface area contributed by atoms with Crippen LogP contribution in [0.2, 0.25) is 0 Å². The average molecular weight is 288 g/mol. The number of hydrogen-bond donors (Lipinski definition) is 3. The van der Waals surface area contributed by atoms with Gasteiger partial charge in [-0.2, -0.15) is 0 Å². The second-order valence-electron chi connectivity index (χ2n) is 3.94. The molecule has 106 valence electrons. The Kier molecular flexibility index (Phi) is 5.94. The van der Waals surface area contributed by atoms with Crippen LogP contribution in [0.1, 0.15) is 29.9 Å². The number of aliphatic carboxylic acids is 1. The van der Waals surface area contributed by atoms with Crippen molar-refractivity contribution in [1.29, 1.82) is 0 Å². The number of rotatable bonds is 7. The number of carboxylic acid groups (broad SMARTS) is 1. The summed E-state index contributed by atoms with van der Waals surface area (Å²) < 4.78 is 4.67. The van der Waals surface area contributed by atoms with Crippen molar-refractivity contribution in [2.45, 2.75) is 32.0 Å². The zero-order chi connectivity index (χ0) is 14.4. The molecule has 0 bridgehead atoms. The predicted octanol–water partition coefficient (Wildman–Crippen LogP) is 0.723. The fourth-order valence-electron chi connectivity index (χ4n) is 1.52. The van der Waals surface area contributed by atoms with E-state index in [0.29, 0.717) is 10.4 Å². The van der Waals surface area contributed by atoms with E-state index in [1.54, 1.807) is 12.3 Å². The summed E-state index contributed by atoms with van der Waals surface area (Å²) in [5, 5.41) is 29.8. The first-order chi connectivity index (χ1) is 8.93. The zero-order valence-corrected chi connectivity index (χ0v) is 11.2. The summed E-state index contributed by atoms with van der Waals surface area (Å²) in [7, 11) is 0. The molecule has 0 aromatic carbocycles. The normalized spacial score (nSPS) is 13.8. The van der Waals surface area contributed by atoms with E-state index in [2.05, 4.69) is 4.74 Å². The van der Waals surface area contributed by atoms with E-state index in [1.807, 2.05) is 0 Å². The van der Waals surface area contributed by atoms with E-state index >= 15 is 0 Å². The molecule has 0 saturated carbocycles. The smallest absolute Gasteiger partial charge is 0.308 e. The molecule has 0 aliphatic heterocycles. The first-order valence-electron chi connectivity index (χ1n) is 5.74. The molecule has 19 heavy (non-hydrogen) atoms. The Morgan fingerprint density at radius 2 is 2.11 bits per heavy atom. The minimum Gasteiger partial charge on any atom is -0.481 e. The molecular formula is C12H16O6S. The van der Waals surface area contributed by atoms with Gasteiger partial charge in [0, 0.05) is 4.88 Å². The number of aliphatic hydroxyl groups is 2. The van der Waals surface area contributed by atoms with Gasteiger partial charge in [-0.15, -0.1) is 11.3 Å². The third kappa shape index (κ3) is 4.98. The van der Waals surface area contributed by atoms with Crippen molar-refractivity contribution in [2.24, 2.45) is 0 Å². The standard InChI is InChI=1S/C12H16O6S/c1-2-18-11(16)5-9(13)12(17)7-3-8(19-6-7)4-10(14)15/h3,6,9,12-13,17H,2,4-5H2,1H3,(H,14,15). The van der Waals surface area contributed by atoms with Crippen LogP contribution < -0.4 is 0 Å². The van der Waals surface area contributed by atoms with Gasteiger partial charge in [0.05, 0.1) is 25.6 Å². The van der Waals surface area contributed by atoms with Crippen molar-refractivity contribution in [3.8, 4) is 0 Å². The number of thiophene rings is 1. The average Bonchev–Trinajstić information content (AvgIpc) is 2.75. The molecule has 0 aliphatic carbocycles. The maximum atomic E-state index is 11.2. The summed E-state index contributed by atoms with van der Waals surface area (Å²) >= 11 is 1.18.